The topological polar surface area (TPSA) is 69.6 Å². The highest BCUT2D eigenvalue weighted by Gasteiger charge is 2.32. The first-order valence-electron chi connectivity index (χ1n) is 7.80. The zero-order valence-corrected chi connectivity index (χ0v) is 14.0. The Morgan fingerprint density at radius 2 is 1.67 bits per heavy atom. The van der Waals surface area contributed by atoms with Crippen molar-refractivity contribution in [2.75, 3.05) is 13.1 Å². The summed E-state index contributed by atoms with van der Waals surface area (Å²) < 4.78 is 0. The smallest absolute Gasteiger partial charge is 0.317 e. The lowest BCUT2D eigenvalue weighted by Crippen LogP contribution is -2.52. The van der Waals surface area contributed by atoms with E-state index in [9.17, 15) is 9.59 Å². The van der Waals surface area contributed by atoms with Gasteiger partial charge in [0.15, 0.2) is 0 Å². The van der Waals surface area contributed by atoms with E-state index in [4.69, 9.17) is 5.11 Å². The van der Waals surface area contributed by atoms with E-state index in [1.54, 1.807) is 0 Å². The molecule has 0 radical (unpaired) electrons. The van der Waals surface area contributed by atoms with E-state index in [1.807, 2.05) is 18.7 Å². The van der Waals surface area contributed by atoms with Gasteiger partial charge in [-0.1, -0.05) is 20.8 Å². The van der Waals surface area contributed by atoms with Crippen LogP contribution in [-0.4, -0.2) is 40.6 Å². The molecule has 0 spiro atoms. The molecule has 1 aliphatic rings. The summed E-state index contributed by atoms with van der Waals surface area (Å²) in [5, 5.41) is 11.7. The average molecular weight is 298 g/mol. The number of nitrogens with one attached hydrogen (secondary N) is 1. The molecule has 0 unspecified atom stereocenters. The molecular weight excluding hydrogens is 268 g/mol. The second kappa shape index (κ2) is 6.67. The third-order valence-corrected chi connectivity index (χ3v) is 4.42. The first kappa shape index (κ1) is 17.8. The molecule has 1 aliphatic heterocycles. The second-order valence-electron chi connectivity index (χ2n) is 7.84. The Hall–Kier alpha value is -1.26. The van der Waals surface area contributed by atoms with Crippen molar-refractivity contribution in [2.45, 2.75) is 65.8 Å². The number of aliphatic carboxylic acids is 1. The Bertz CT molecular complexity index is 377. The van der Waals surface area contributed by atoms with Crippen LogP contribution in [0.3, 0.4) is 0 Å². The Morgan fingerprint density at radius 1 is 1.14 bits per heavy atom. The van der Waals surface area contributed by atoms with Gasteiger partial charge in [0.25, 0.3) is 0 Å². The molecule has 5 nitrogen and oxygen atoms in total. The van der Waals surface area contributed by atoms with Crippen LogP contribution >= 0.6 is 0 Å². The molecule has 1 rings (SSSR count). The lowest BCUT2D eigenvalue weighted by atomic mass is 9.75. The number of urea groups is 1. The Balaban J connectivity index is 2.45. The zero-order chi connectivity index (χ0) is 16.3. The van der Waals surface area contributed by atoms with Gasteiger partial charge in [0.2, 0.25) is 0 Å². The van der Waals surface area contributed by atoms with E-state index in [1.165, 1.54) is 0 Å². The number of carbonyl (C=O) groups excluding carboxylic acids is 1. The fourth-order valence-electron chi connectivity index (χ4n) is 2.80. The van der Waals surface area contributed by atoms with Crippen LogP contribution in [0, 0.1) is 11.3 Å². The summed E-state index contributed by atoms with van der Waals surface area (Å²) in [4.78, 5) is 24.8. The predicted octanol–water partition coefficient (Wildman–Crippen LogP) is 3.10. The van der Waals surface area contributed by atoms with Gasteiger partial charge >= 0.3 is 12.0 Å². The van der Waals surface area contributed by atoms with E-state index in [0.717, 1.165) is 25.9 Å². The molecule has 122 valence electrons. The third-order valence-electron chi connectivity index (χ3n) is 4.42. The summed E-state index contributed by atoms with van der Waals surface area (Å²) in [6.07, 6.45) is 2.57. The van der Waals surface area contributed by atoms with Crippen LogP contribution in [0.4, 0.5) is 4.79 Å². The van der Waals surface area contributed by atoms with E-state index in [-0.39, 0.29) is 12.5 Å². The van der Waals surface area contributed by atoms with E-state index in [2.05, 4.69) is 26.1 Å². The van der Waals surface area contributed by atoms with Crippen LogP contribution in [0.2, 0.25) is 0 Å². The van der Waals surface area contributed by atoms with Crippen molar-refractivity contribution in [3.63, 3.8) is 0 Å². The van der Waals surface area contributed by atoms with Crippen molar-refractivity contribution >= 4 is 12.0 Å². The maximum Gasteiger partial charge on any atom is 0.317 e. The summed E-state index contributed by atoms with van der Waals surface area (Å²) in [6, 6.07) is -0.0715. The SMILES string of the molecule is CC(C)(CCC(=O)O)NC(=O)N1CCC(C(C)(C)C)CC1. The van der Waals surface area contributed by atoms with Crippen LogP contribution in [0.25, 0.3) is 0 Å². The molecule has 2 N–H and O–H groups in total. The molecule has 0 atom stereocenters. The fraction of sp³-hybridized carbons (Fsp3) is 0.875. The number of hydrogen-bond donors (Lipinski definition) is 2. The molecule has 0 bridgehead atoms. The summed E-state index contributed by atoms with van der Waals surface area (Å²) in [6.45, 7) is 12.1. The fourth-order valence-corrected chi connectivity index (χ4v) is 2.80. The van der Waals surface area contributed by atoms with Crippen LogP contribution in [0.15, 0.2) is 0 Å². The highest BCUT2D eigenvalue weighted by atomic mass is 16.4. The number of carbonyl (C=O) groups is 2. The van der Waals surface area contributed by atoms with Crippen molar-refractivity contribution in [2.24, 2.45) is 11.3 Å². The van der Waals surface area contributed by atoms with Gasteiger partial charge in [-0.2, -0.15) is 0 Å². The predicted molar refractivity (Wildman–Crippen MR) is 83.2 cm³/mol. The lowest BCUT2D eigenvalue weighted by Gasteiger charge is -2.40. The van der Waals surface area contributed by atoms with Crippen LogP contribution < -0.4 is 5.32 Å². The Morgan fingerprint density at radius 3 is 2.10 bits per heavy atom. The molecule has 1 saturated heterocycles. The molecule has 1 heterocycles. The van der Waals surface area contributed by atoms with Gasteiger partial charge in [-0.25, -0.2) is 4.79 Å². The minimum atomic E-state index is -0.830. The maximum absolute atomic E-state index is 12.3. The Kier molecular flexibility index (Phi) is 5.65. The quantitative estimate of drug-likeness (QED) is 0.838. The molecule has 2 amide bonds. The van der Waals surface area contributed by atoms with Gasteiger partial charge in [-0.05, 0) is 44.4 Å². The molecule has 0 saturated carbocycles. The van der Waals surface area contributed by atoms with Gasteiger partial charge in [0.05, 0.1) is 0 Å². The first-order valence-corrected chi connectivity index (χ1v) is 7.80. The summed E-state index contributed by atoms with van der Waals surface area (Å²) in [7, 11) is 0. The lowest BCUT2D eigenvalue weighted by molar-refractivity contribution is -0.137. The summed E-state index contributed by atoms with van der Waals surface area (Å²) in [5.74, 6) is -0.176. The standard InChI is InChI=1S/C16H30N2O3/c1-15(2,3)12-7-10-18(11-8-12)14(21)17-16(4,5)9-6-13(19)20/h12H,6-11H2,1-5H3,(H,17,21)(H,19,20). The van der Waals surface area contributed by atoms with Crippen molar-refractivity contribution in [1.29, 1.82) is 0 Å². The number of likely N-dealkylation sites (tertiary alicyclic amines) is 1. The molecule has 5 heteroatoms. The summed E-state index contributed by atoms with van der Waals surface area (Å²) in [5.41, 5.74) is -0.195. The second-order valence-corrected chi connectivity index (χ2v) is 7.84. The van der Waals surface area contributed by atoms with Crippen LogP contribution in [0.1, 0.15) is 60.3 Å². The molecule has 21 heavy (non-hydrogen) atoms. The number of rotatable bonds is 4. The Labute approximate surface area is 128 Å². The zero-order valence-electron chi connectivity index (χ0n) is 14.0. The molecule has 1 fully saturated rings. The van der Waals surface area contributed by atoms with Crippen molar-refractivity contribution in [1.82, 2.24) is 10.2 Å². The van der Waals surface area contributed by atoms with Crippen LogP contribution in [-0.2, 0) is 4.79 Å². The molecule has 0 aromatic heterocycles. The van der Waals surface area contributed by atoms with Gasteiger partial charge in [0.1, 0.15) is 0 Å². The van der Waals surface area contributed by atoms with E-state index >= 15 is 0 Å². The molecule has 0 aromatic rings. The molecule has 0 aliphatic carbocycles. The van der Waals surface area contributed by atoms with Gasteiger partial charge < -0.3 is 15.3 Å². The van der Waals surface area contributed by atoms with Gasteiger partial charge in [-0.3, -0.25) is 4.79 Å². The highest BCUT2D eigenvalue weighted by Crippen LogP contribution is 2.34. The normalized spacial score (nSPS) is 17.7. The molecular formula is C16H30N2O3. The van der Waals surface area contributed by atoms with Crippen molar-refractivity contribution in [3.8, 4) is 0 Å². The number of hydrogen-bond acceptors (Lipinski definition) is 2. The number of nitrogens with zero attached hydrogens (tertiary/aromatic N) is 1. The first-order chi connectivity index (χ1) is 9.51. The van der Waals surface area contributed by atoms with Crippen LogP contribution in [0.5, 0.6) is 0 Å². The number of amides is 2. The monoisotopic (exact) mass is 298 g/mol. The number of piperidine rings is 1. The number of carboxylic acids is 1. The largest absolute Gasteiger partial charge is 0.481 e. The minimum Gasteiger partial charge on any atom is -0.481 e. The third kappa shape index (κ3) is 5.94. The van der Waals surface area contributed by atoms with Crippen molar-refractivity contribution in [3.05, 3.63) is 0 Å². The van der Waals surface area contributed by atoms with Gasteiger partial charge in [-0.15, -0.1) is 0 Å². The maximum atomic E-state index is 12.3. The molecule has 0 aromatic carbocycles. The summed E-state index contributed by atoms with van der Waals surface area (Å²) >= 11 is 0. The van der Waals surface area contributed by atoms with E-state index < -0.39 is 11.5 Å². The van der Waals surface area contributed by atoms with E-state index in [0.29, 0.717) is 17.8 Å². The highest BCUT2D eigenvalue weighted by molar-refractivity contribution is 5.75. The van der Waals surface area contributed by atoms with Gasteiger partial charge in [0, 0.05) is 25.0 Å². The average Bonchev–Trinajstić information content (AvgIpc) is 2.35. The van der Waals surface area contributed by atoms with Crippen molar-refractivity contribution < 1.29 is 14.7 Å². The minimum absolute atomic E-state index is 0.0688. The number of carboxylic acid groups (broad SMARTS) is 1.